The second kappa shape index (κ2) is 5.61. The Morgan fingerprint density at radius 3 is 2.67 bits per heavy atom. The molecule has 2 heterocycles. The van der Waals surface area contributed by atoms with E-state index in [9.17, 15) is 14.7 Å². The Bertz CT molecular complexity index is 712. The molecule has 0 spiro atoms. The Hall–Kier alpha value is -1.66. The molecule has 0 saturated heterocycles. The number of rotatable bonds is 2. The second-order valence-corrected chi connectivity index (χ2v) is 7.25. The van der Waals surface area contributed by atoms with Crippen LogP contribution in [0.3, 0.4) is 0 Å². The molecule has 1 unspecified atom stereocenters. The molecule has 0 fully saturated rings. The number of amides is 1. The molecule has 1 aromatic carbocycles. The van der Waals surface area contributed by atoms with Gasteiger partial charge in [0.05, 0.1) is 8.66 Å². The van der Waals surface area contributed by atoms with E-state index in [1.165, 1.54) is 16.2 Å². The summed E-state index contributed by atoms with van der Waals surface area (Å²) in [6.45, 7) is 0.419. The molecule has 21 heavy (non-hydrogen) atoms. The van der Waals surface area contributed by atoms with Crippen molar-refractivity contribution < 1.29 is 14.7 Å². The zero-order chi connectivity index (χ0) is 15.0. The molecule has 1 aliphatic heterocycles. The molecule has 1 atom stereocenters. The van der Waals surface area contributed by atoms with Gasteiger partial charge in [-0.25, -0.2) is 4.79 Å². The van der Waals surface area contributed by atoms with Crippen LogP contribution in [0.2, 0.25) is 0 Å². The van der Waals surface area contributed by atoms with Crippen LogP contribution in [-0.4, -0.2) is 28.4 Å². The van der Waals surface area contributed by atoms with E-state index in [-0.39, 0.29) is 5.91 Å². The highest BCUT2D eigenvalue weighted by atomic mass is 79.9. The number of halogens is 1. The van der Waals surface area contributed by atoms with Crippen molar-refractivity contribution in [2.24, 2.45) is 0 Å². The van der Waals surface area contributed by atoms with E-state index in [0.717, 1.165) is 9.35 Å². The van der Waals surface area contributed by atoms with Crippen LogP contribution in [0.4, 0.5) is 0 Å². The number of carbonyl (C=O) groups is 2. The van der Waals surface area contributed by atoms with Crippen LogP contribution in [0.1, 0.15) is 26.8 Å². The lowest BCUT2D eigenvalue weighted by atomic mass is 9.92. The minimum absolute atomic E-state index is 0.229. The molecular weight excluding hydrogens is 354 g/mol. The predicted molar refractivity (Wildman–Crippen MR) is 83.6 cm³/mol. The fourth-order valence-electron chi connectivity index (χ4n) is 2.62. The van der Waals surface area contributed by atoms with E-state index in [1.54, 1.807) is 18.2 Å². The topological polar surface area (TPSA) is 57.6 Å². The van der Waals surface area contributed by atoms with Crippen LogP contribution in [0.5, 0.6) is 0 Å². The summed E-state index contributed by atoms with van der Waals surface area (Å²) in [6, 6.07) is 10.0. The van der Waals surface area contributed by atoms with Crippen molar-refractivity contribution in [1.29, 1.82) is 0 Å². The van der Waals surface area contributed by atoms with Crippen LogP contribution >= 0.6 is 27.3 Å². The van der Waals surface area contributed by atoms with Gasteiger partial charge in [-0.2, -0.15) is 0 Å². The molecule has 1 amide bonds. The number of hydrogen-bond donors (Lipinski definition) is 1. The lowest BCUT2D eigenvalue weighted by Gasteiger charge is -2.34. The Morgan fingerprint density at radius 1 is 1.24 bits per heavy atom. The Morgan fingerprint density at radius 2 is 2.00 bits per heavy atom. The van der Waals surface area contributed by atoms with Gasteiger partial charge >= 0.3 is 5.97 Å². The normalized spacial score (nSPS) is 17.4. The summed E-state index contributed by atoms with van der Waals surface area (Å²) in [4.78, 5) is 26.3. The molecule has 4 nitrogen and oxygen atoms in total. The number of carbonyl (C=O) groups excluding carboxylic acids is 1. The second-order valence-electron chi connectivity index (χ2n) is 4.79. The number of carboxylic acid groups (broad SMARTS) is 1. The van der Waals surface area contributed by atoms with E-state index >= 15 is 0 Å². The summed E-state index contributed by atoms with van der Waals surface area (Å²) in [5.41, 5.74) is 1.71. The molecule has 108 valence electrons. The molecule has 2 aromatic rings. The lowest BCUT2D eigenvalue weighted by molar-refractivity contribution is -0.143. The van der Waals surface area contributed by atoms with Gasteiger partial charge in [0.15, 0.2) is 6.04 Å². The average Bonchev–Trinajstić information content (AvgIpc) is 2.91. The smallest absolute Gasteiger partial charge is 0.331 e. The van der Waals surface area contributed by atoms with E-state index in [1.807, 2.05) is 18.2 Å². The molecule has 0 aliphatic carbocycles. The van der Waals surface area contributed by atoms with Crippen molar-refractivity contribution in [3.8, 4) is 0 Å². The van der Waals surface area contributed by atoms with Gasteiger partial charge in [-0.05, 0) is 45.6 Å². The van der Waals surface area contributed by atoms with Gasteiger partial charge in [0.2, 0.25) is 0 Å². The van der Waals surface area contributed by atoms with Gasteiger partial charge in [-0.15, -0.1) is 11.3 Å². The molecule has 1 N–H and O–H groups in total. The largest absolute Gasteiger partial charge is 0.479 e. The molecule has 1 aliphatic rings. The van der Waals surface area contributed by atoms with Crippen molar-refractivity contribution in [1.82, 2.24) is 4.90 Å². The monoisotopic (exact) mass is 365 g/mol. The molecule has 0 radical (unpaired) electrons. The van der Waals surface area contributed by atoms with Gasteiger partial charge in [-0.3, -0.25) is 4.79 Å². The zero-order valence-electron chi connectivity index (χ0n) is 11.0. The van der Waals surface area contributed by atoms with Crippen LogP contribution in [0.15, 0.2) is 40.2 Å². The maximum atomic E-state index is 12.6. The molecule has 1 aromatic heterocycles. The third-order valence-electron chi connectivity index (χ3n) is 3.56. The fraction of sp³-hybridized carbons (Fsp3) is 0.200. The minimum atomic E-state index is -0.994. The molecule has 6 heteroatoms. The molecule has 3 rings (SSSR count). The highest BCUT2D eigenvalue weighted by Gasteiger charge is 2.36. The van der Waals surface area contributed by atoms with Crippen molar-refractivity contribution in [2.75, 3.05) is 6.54 Å². The van der Waals surface area contributed by atoms with Crippen LogP contribution in [-0.2, 0) is 11.2 Å². The van der Waals surface area contributed by atoms with Crippen LogP contribution < -0.4 is 0 Å². The lowest BCUT2D eigenvalue weighted by Crippen LogP contribution is -2.43. The van der Waals surface area contributed by atoms with E-state index in [0.29, 0.717) is 23.4 Å². The van der Waals surface area contributed by atoms with E-state index in [4.69, 9.17) is 0 Å². The predicted octanol–water partition coefficient (Wildman–Crippen LogP) is 3.33. The quantitative estimate of drug-likeness (QED) is 0.887. The van der Waals surface area contributed by atoms with Gasteiger partial charge in [0.1, 0.15) is 0 Å². The van der Waals surface area contributed by atoms with E-state index in [2.05, 4.69) is 15.9 Å². The summed E-state index contributed by atoms with van der Waals surface area (Å²) >= 11 is 4.64. The van der Waals surface area contributed by atoms with Crippen molar-refractivity contribution in [2.45, 2.75) is 12.5 Å². The first-order valence-corrected chi connectivity index (χ1v) is 8.06. The van der Waals surface area contributed by atoms with Gasteiger partial charge < -0.3 is 10.0 Å². The fourth-order valence-corrected chi connectivity index (χ4v) is 3.96. The molecule has 0 bridgehead atoms. The number of carboxylic acids is 1. The highest BCUT2D eigenvalue weighted by Crippen LogP contribution is 2.33. The Kier molecular flexibility index (Phi) is 3.82. The molecular formula is C15H12BrNO3S. The third kappa shape index (κ3) is 2.61. The Balaban J connectivity index is 1.99. The van der Waals surface area contributed by atoms with Crippen molar-refractivity contribution >= 4 is 39.1 Å². The van der Waals surface area contributed by atoms with E-state index < -0.39 is 12.0 Å². The summed E-state index contributed by atoms with van der Waals surface area (Å²) in [7, 11) is 0. The first-order chi connectivity index (χ1) is 10.1. The third-order valence-corrected chi connectivity index (χ3v) is 5.17. The highest BCUT2D eigenvalue weighted by molar-refractivity contribution is 9.11. The van der Waals surface area contributed by atoms with Gasteiger partial charge in [0, 0.05) is 6.54 Å². The maximum Gasteiger partial charge on any atom is 0.331 e. The molecule has 0 saturated carbocycles. The number of hydrogen-bond acceptors (Lipinski definition) is 3. The number of nitrogens with zero attached hydrogens (tertiary/aromatic N) is 1. The SMILES string of the molecule is O=C(O)C1c2ccccc2CCN1C(=O)c1ccc(Br)s1. The summed E-state index contributed by atoms with van der Waals surface area (Å²) < 4.78 is 0.857. The van der Waals surface area contributed by atoms with Crippen molar-refractivity contribution in [3.63, 3.8) is 0 Å². The summed E-state index contributed by atoms with van der Waals surface area (Å²) in [5, 5.41) is 9.56. The first kappa shape index (κ1) is 14.3. The van der Waals surface area contributed by atoms with Crippen LogP contribution in [0, 0.1) is 0 Å². The minimum Gasteiger partial charge on any atom is -0.479 e. The number of benzene rings is 1. The van der Waals surface area contributed by atoms with Gasteiger partial charge in [0.25, 0.3) is 5.91 Å². The summed E-state index contributed by atoms with van der Waals surface area (Å²) in [6.07, 6.45) is 0.679. The van der Waals surface area contributed by atoms with Gasteiger partial charge in [-0.1, -0.05) is 24.3 Å². The van der Waals surface area contributed by atoms with Crippen LogP contribution in [0.25, 0.3) is 0 Å². The van der Waals surface area contributed by atoms with Crippen molar-refractivity contribution in [3.05, 3.63) is 56.2 Å². The number of aliphatic carboxylic acids is 1. The standard InChI is InChI=1S/C15H12BrNO3S/c16-12-6-5-11(21-12)14(18)17-8-7-9-3-1-2-4-10(9)13(17)15(19)20/h1-6,13H,7-8H2,(H,19,20). The first-order valence-electron chi connectivity index (χ1n) is 6.45. The number of thiophene rings is 1. The summed E-state index contributed by atoms with van der Waals surface area (Å²) in [5.74, 6) is -1.22. The maximum absolute atomic E-state index is 12.6. The zero-order valence-corrected chi connectivity index (χ0v) is 13.4. The number of fused-ring (bicyclic) bond motifs is 1. The Labute approximate surface area is 134 Å². The average molecular weight is 366 g/mol.